The van der Waals surface area contributed by atoms with Gasteiger partial charge in [-0.3, -0.25) is 4.98 Å². The molecular formula is C20H22N4OS. The van der Waals surface area contributed by atoms with Crippen LogP contribution in [0.2, 0.25) is 0 Å². The Morgan fingerprint density at radius 3 is 2.85 bits per heavy atom. The summed E-state index contributed by atoms with van der Waals surface area (Å²) in [6.45, 7) is 7.89. The molecule has 6 heteroatoms. The van der Waals surface area contributed by atoms with E-state index >= 15 is 0 Å². The van der Waals surface area contributed by atoms with E-state index in [0.29, 0.717) is 6.61 Å². The molecule has 134 valence electrons. The van der Waals surface area contributed by atoms with E-state index in [0.717, 1.165) is 22.4 Å². The van der Waals surface area contributed by atoms with Gasteiger partial charge in [0, 0.05) is 6.20 Å². The molecule has 1 fully saturated rings. The van der Waals surface area contributed by atoms with Crippen LogP contribution in [-0.2, 0) is 4.74 Å². The van der Waals surface area contributed by atoms with Gasteiger partial charge in [-0.15, -0.1) is 10.2 Å². The molecule has 0 spiro atoms. The maximum atomic E-state index is 6.16. The van der Waals surface area contributed by atoms with Gasteiger partial charge in [0.05, 0.1) is 19.2 Å². The van der Waals surface area contributed by atoms with Crippen molar-refractivity contribution >= 4 is 16.5 Å². The first-order valence-corrected chi connectivity index (χ1v) is 9.64. The van der Waals surface area contributed by atoms with Gasteiger partial charge in [0.1, 0.15) is 11.8 Å². The molecule has 0 amide bonds. The predicted octanol–water partition coefficient (Wildman–Crippen LogP) is 4.18. The zero-order valence-corrected chi connectivity index (χ0v) is 16.0. The molecule has 0 saturated carbocycles. The van der Waals surface area contributed by atoms with Gasteiger partial charge in [0.15, 0.2) is 5.01 Å². The molecule has 1 aromatic carbocycles. The van der Waals surface area contributed by atoms with Crippen molar-refractivity contribution in [2.75, 3.05) is 18.1 Å². The van der Waals surface area contributed by atoms with Crippen LogP contribution >= 0.6 is 11.3 Å². The monoisotopic (exact) mass is 366 g/mol. The molecular weight excluding hydrogens is 344 g/mol. The summed E-state index contributed by atoms with van der Waals surface area (Å²) in [5.41, 5.74) is 4.65. The molecule has 0 aliphatic carbocycles. The first-order chi connectivity index (χ1) is 12.6. The van der Waals surface area contributed by atoms with Crippen LogP contribution in [0.1, 0.15) is 29.7 Å². The standard InChI is InChI=1S/C20H22N4OS/c1-13-7-8-14(2)16(10-13)18-11-24(15(3)12-25-18)20-23-22-19(26-20)17-6-4-5-9-21-17/h4-10,15,18H,11-12H2,1-3H3. The quantitative estimate of drug-likeness (QED) is 0.696. The highest BCUT2D eigenvalue weighted by atomic mass is 32.1. The van der Waals surface area contributed by atoms with E-state index in [1.54, 1.807) is 17.5 Å². The summed E-state index contributed by atoms with van der Waals surface area (Å²) in [4.78, 5) is 6.68. The molecule has 1 saturated heterocycles. The van der Waals surface area contributed by atoms with E-state index in [-0.39, 0.29) is 12.1 Å². The Morgan fingerprint density at radius 2 is 2.04 bits per heavy atom. The van der Waals surface area contributed by atoms with Crippen molar-refractivity contribution in [3.63, 3.8) is 0 Å². The highest BCUT2D eigenvalue weighted by Crippen LogP contribution is 2.34. The van der Waals surface area contributed by atoms with E-state index in [1.165, 1.54) is 16.7 Å². The Balaban J connectivity index is 1.60. The van der Waals surface area contributed by atoms with Gasteiger partial charge in [0.25, 0.3) is 0 Å². The van der Waals surface area contributed by atoms with Crippen LogP contribution in [0.5, 0.6) is 0 Å². The number of morpholine rings is 1. The smallest absolute Gasteiger partial charge is 0.209 e. The average Bonchev–Trinajstić information content (AvgIpc) is 3.15. The minimum atomic E-state index is 0.0494. The van der Waals surface area contributed by atoms with Crippen molar-refractivity contribution < 1.29 is 4.74 Å². The van der Waals surface area contributed by atoms with Crippen molar-refractivity contribution in [3.8, 4) is 10.7 Å². The number of pyridine rings is 1. The fourth-order valence-corrected chi connectivity index (χ4v) is 4.18. The summed E-state index contributed by atoms with van der Waals surface area (Å²) in [5, 5.41) is 10.6. The van der Waals surface area contributed by atoms with Gasteiger partial charge in [-0.05, 0) is 44.0 Å². The van der Waals surface area contributed by atoms with Crippen molar-refractivity contribution in [1.29, 1.82) is 0 Å². The van der Waals surface area contributed by atoms with Gasteiger partial charge < -0.3 is 9.64 Å². The summed E-state index contributed by atoms with van der Waals surface area (Å²) in [6.07, 6.45) is 1.83. The van der Waals surface area contributed by atoms with Crippen molar-refractivity contribution in [1.82, 2.24) is 15.2 Å². The lowest BCUT2D eigenvalue weighted by molar-refractivity contribution is 0.0211. The lowest BCUT2D eigenvalue weighted by Crippen LogP contribution is -2.45. The number of ether oxygens (including phenoxy) is 1. The van der Waals surface area contributed by atoms with Gasteiger partial charge in [-0.1, -0.05) is 41.2 Å². The van der Waals surface area contributed by atoms with Crippen molar-refractivity contribution in [2.24, 2.45) is 0 Å². The molecule has 5 nitrogen and oxygen atoms in total. The number of anilines is 1. The molecule has 2 atom stereocenters. The molecule has 3 heterocycles. The summed E-state index contributed by atoms with van der Waals surface area (Å²) in [5.74, 6) is 0. The van der Waals surface area contributed by atoms with Gasteiger partial charge >= 0.3 is 0 Å². The third-order valence-electron chi connectivity index (χ3n) is 4.76. The number of hydrogen-bond donors (Lipinski definition) is 0. The van der Waals surface area contributed by atoms with E-state index in [1.807, 2.05) is 18.2 Å². The maximum absolute atomic E-state index is 6.16. The second-order valence-corrected chi connectivity index (χ2v) is 7.74. The number of aryl methyl sites for hydroxylation is 2. The van der Waals surface area contributed by atoms with Crippen LogP contribution in [0.15, 0.2) is 42.6 Å². The van der Waals surface area contributed by atoms with Crippen molar-refractivity contribution in [2.45, 2.75) is 32.9 Å². The van der Waals surface area contributed by atoms with E-state index in [4.69, 9.17) is 4.74 Å². The Hall–Kier alpha value is -2.31. The Bertz CT molecular complexity index is 896. The molecule has 0 radical (unpaired) electrons. The number of aromatic nitrogens is 3. The van der Waals surface area contributed by atoms with E-state index in [9.17, 15) is 0 Å². The second kappa shape index (κ2) is 7.13. The number of hydrogen-bond acceptors (Lipinski definition) is 6. The van der Waals surface area contributed by atoms with Gasteiger partial charge in [-0.25, -0.2) is 0 Å². The van der Waals surface area contributed by atoms with E-state index < -0.39 is 0 Å². The van der Waals surface area contributed by atoms with Crippen LogP contribution in [-0.4, -0.2) is 34.4 Å². The first-order valence-electron chi connectivity index (χ1n) is 8.82. The molecule has 0 bridgehead atoms. The zero-order valence-electron chi connectivity index (χ0n) is 15.2. The zero-order chi connectivity index (χ0) is 18.1. The molecule has 3 aromatic rings. The van der Waals surface area contributed by atoms with Crippen LogP contribution in [0.25, 0.3) is 10.7 Å². The minimum Gasteiger partial charge on any atom is -0.370 e. The highest BCUT2D eigenvalue weighted by Gasteiger charge is 2.30. The first kappa shape index (κ1) is 17.1. The normalized spacial score (nSPS) is 20.3. The number of benzene rings is 1. The van der Waals surface area contributed by atoms with Crippen LogP contribution in [0.3, 0.4) is 0 Å². The Morgan fingerprint density at radius 1 is 1.15 bits per heavy atom. The van der Waals surface area contributed by atoms with Crippen molar-refractivity contribution in [3.05, 3.63) is 59.3 Å². The third kappa shape index (κ3) is 3.34. The molecule has 4 rings (SSSR count). The SMILES string of the molecule is Cc1ccc(C)c(C2CN(c3nnc(-c4ccccn4)s3)C(C)CO2)c1. The molecule has 1 aliphatic rings. The maximum Gasteiger partial charge on any atom is 0.209 e. The van der Waals surface area contributed by atoms with Gasteiger partial charge in [-0.2, -0.15) is 0 Å². The largest absolute Gasteiger partial charge is 0.370 e. The Kier molecular flexibility index (Phi) is 4.70. The van der Waals surface area contributed by atoms with Crippen LogP contribution < -0.4 is 4.90 Å². The summed E-state index contributed by atoms with van der Waals surface area (Å²) in [6, 6.07) is 12.6. The average molecular weight is 366 g/mol. The topological polar surface area (TPSA) is 51.1 Å². The Labute approximate surface area is 157 Å². The van der Waals surface area contributed by atoms with Crippen LogP contribution in [0.4, 0.5) is 5.13 Å². The molecule has 2 unspecified atom stereocenters. The lowest BCUT2D eigenvalue weighted by atomic mass is 9.99. The van der Waals surface area contributed by atoms with Gasteiger partial charge in [0.2, 0.25) is 5.13 Å². The molecule has 26 heavy (non-hydrogen) atoms. The fraction of sp³-hybridized carbons (Fsp3) is 0.350. The fourth-order valence-electron chi connectivity index (χ4n) is 3.24. The summed E-state index contributed by atoms with van der Waals surface area (Å²) < 4.78 is 6.16. The van der Waals surface area contributed by atoms with Crippen LogP contribution in [0, 0.1) is 13.8 Å². The third-order valence-corrected chi connectivity index (χ3v) is 5.74. The highest BCUT2D eigenvalue weighted by molar-refractivity contribution is 7.18. The number of rotatable bonds is 3. The summed E-state index contributed by atoms with van der Waals surface area (Å²) >= 11 is 1.59. The van der Waals surface area contributed by atoms with E-state index in [2.05, 4.69) is 59.1 Å². The molecule has 2 aromatic heterocycles. The molecule has 1 aliphatic heterocycles. The predicted molar refractivity (Wildman–Crippen MR) is 105 cm³/mol. The lowest BCUT2D eigenvalue weighted by Gasteiger charge is -2.38. The second-order valence-electron chi connectivity index (χ2n) is 6.79. The summed E-state index contributed by atoms with van der Waals surface area (Å²) in [7, 11) is 0. The minimum absolute atomic E-state index is 0.0494. The number of nitrogens with zero attached hydrogens (tertiary/aromatic N) is 4. The molecule has 0 N–H and O–H groups in total.